The van der Waals surface area contributed by atoms with Gasteiger partial charge in [0.25, 0.3) is 0 Å². The first-order chi connectivity index (χ1) is 14.9. The van der Waals surface area contributed by atoms with Crippen LogP contribution in [0.25, 0.3) is 5.69 Å². The lowest BCUT2D eigenvalue weighted by molar-refractivity contribution is -0.118. The normalized spacial score (nSPS) is 11.7. The fourth-order valence-corrected chi connectivity index (χ4v) is 3.12. The van der Waals surface area contributed by atoms with E-state index in [-0.39, 0.29) is 23.6 Å². The highest BCUT2D eigenvalue weighted by Crippen LogP contribution is 2.26. The average Bonchev–Trinajstić information content (AvgIpc) is 3.39. The van der Waals surface area contributed by atoms with E-state index in [0.717, 1.165) is 5.69 Å². The molecule has 0 bridgehead atoms. The molecule has 0 saturated carbocycles. The van der Waals surface area contributed by atoms with Gasteiger partial charge in [0.15, 0.2) is 5.15 Å². The molecule has 0 spiro atoms. The molecule has 9 nitrogen and oxygen atoms in total. The van der Waals surface area contributed by atoms with E-state index < -0.39 is 0 Å². The van der Waals surface area contributed by atoms with Gasteiger partial charge in [-0.25, -0.2) is 4.68 Å². The van der Waals surface area contributed by atoms with E-state index in [1.165, 1.54) is 0 Å². The van der Waals surface area contributed by atoms with E-state index >= 15 is 0 Å². The van der Waals surface area contributed by atoms with E-state index in [9.17, 15) is 4.79 Å². The molecular weight excluding hydrogens is 418 g/mol. The van der Waals surface area contributed by atoms with Crippen LogP contribution in [0.3, 0.4) is 0 Å². The lowest BCUT2D eigenvalue weighted by Crippen LogP contribution is -2.31. The van der Waals surface area contributed by atoms with Gasteiger partial charge in [0.05, 0.1) is 18.1 Å². The van der Waals surface area contributed by atoms with E-state index in [1.54, 1.807) is 32.9 Å². The Kier molecular flexibility index (Phi) is 7.41. The molecule has 0 unspecified atom stereocenters. The van der Waals surface area contributed by atoms with Crippen molar-refractivity contribution in [1.29, 1.82) is 0 Å². The van der Waals surface area contributed by atoms with Gasteiger partial charge in [-0.15, -0.1) is 0 Å². The third kappa shape index (κ3) is 5.69. The molecule has 0 fully saturated rings. The number of carbonyl (C=O) groups excluding carboxylic acids is 1. The van der Waals surface area contributed by atoms with Gasteiger partial charge < -0.3 is 9.74 Å². The number of rotatable bonds is 9. The molecule has 164 valence electrons. The quantitative estimate of drug-likeness (QED) is 0.371. The maximum atomic E-state index is 12.9. The van der Waals surface area contributed by atoms with Crippen LogP contribution in [-0.2, 0) is 16.2 Å². The van der Waals surface area contributed by atoms with Gasteiger partial charge in [-0.05, 0) is 45.9 Å². The monoisotopic (exact) mass is 443 g/mol. The van der Waals surface area contributed by atoms with Gasteiger partial charge in [-0.3, -0.25) is 14.5 Å². The first-order valence-corrected chi connectivity index (χ1v) is 10.5. The molecule has 10 heteroatoms. The third-order valence-corrected chi connectivity index (χ3v) is 4.71. The summed E-state index contributed by atoms with van der Waals surface area (Å²) in [6, 6.07) is 5.53. The molecular formula is C21H26ClN7O2. The molecule has 0 atom stereocenters. The molecule has 0 aromatic carbocycles. The molecule has 1 amide bonds. The first kappa shape index (κ1) is 22.5. The number of nitrogens with zero attached hydrogens (tertiary/aromatic N) is 7. The Hall–Kier alpha value is -3.20. The van der Waals surface area contributed by atoms with Crippen LogP contribution < -0.4 is 4.90 Å². The standard InChI is InChI=1S/C21H26ClN7O2/c1-5-28(19-14-29(25-21(19)22)17-7-6-10-23-13-17)20(30)9-12-27-11-8-18(24-27)16(4)26-31-15(2)3/h6-8,10-11,13-15H,5,9,12H2,1-4H3. The fraction of sp³-hybridized carbons (Fsp3) is 0.381. The van der Waals surface area contributed by atoms with Crippen molar-refractivity contribution in [3.8, 4) is 5.69 Å². The third-order valence-electron chi connectivity index (χ3n) is 4.44. The largest absolute Gasteiger partial charge is 0.393 e. The molecule has 3 aromatic heterocycles. The molecule has 0 aliphatic rings. The predicted molar refractivity (Wildman–Crippen MR) is 120 cm³/mol. The van der Waals surface area contributed by atoms with Crippen LogP contribution in [-0.4, -0.2) is 48.8 Å². The summed E-state index contributed by atoms with van der Waals surface area (Å²) in [6.07, 6.45) is 7.19. The average molecular weight is 444 g/mol. The number of aromatic nitrogens is 5. The lowest BCUT2D eigenvalue weighted by atomic mass is 10.3. The summed E-state index contributed by atoms with van der Waals surface area (Å²) in [5.74, 6) is -0.0688. The van der Waals surface area contributed by atoms with Crippen molar-refractivity contribution >= 4 is 28.9 Å². The summed E-state index contributed by atoms with van der Waals surface area (Å²) in [5, 5.41) is 13.1. The maximum Gasteiger partial charge on any atom is 0.228 e. The number of amides is 1. The van der Waals surface area contributed by atoms with Gasteiger partial charge in [-0.2, -0.15) is 10.2 Å². The van der Waals surface area contributed by atoms with E-state index in [1.807, 2.05) is 52.1 Å². The molecule has 0 radical (unpaired) electrons. The predicted octanol–water partition coefficient (Wildman–Crippen LogP) is 3.71. The smallest absolute Gasteiger partial charge is 0.228 e. The number of hydrogen-bond donors (Lipinski definition) is 0. The molecule has 3 rings (SSSR count). The minimum absolute atomic E-state index is 0.00372. The van der Waals surface area contributed by atoms with Crippen LogP contribution in [0, 0.1) is 0 Å². The van der Waals surface area contributed by atoms with Gasteiger partial charge in [0.1, 0.15) is 23.2 Å². The summed E-state index contributed by atoms with van der Waals surface area (Å²) in [6.45, 7) is 8.46. The maximum absolute atomic E-state index is 12.9. The number of pyridine rings is 1. The van der Waals surface area contributed by atoms with Crippen molar-refractivity contribution in [2.75, 3.05) is 11.4 Å². The van der Waals surface area contributed by atoms with Crippen LogP contribution in [0.2, 0.25) is 5.15 Å². The van der Waals surface area contributed by atoms with Crippen LogP contribution >= 0.6 is 11.6 Å². The number of carbonyl (C=O) groups is 1. The van der Waals surface area contributed by atoms with Crippen molar-refractivity contribution in [3.05, 3.63) is 53.8 Å². The highest BCUT2D eigenvalue weighted by Gasteiger charge is 2.20. The number of anilines is 1. The van der Waals surface area contributed by atoms with Crippen molar-refractivity contribution in [2.24, 2.45) is 5.16 Å². The molecule has 0 saturated heterocycles. The van der Waals surface area contributed by atoms with Crippen molar-refractivity contribution in [2.45, 2.75) is 46.8 Å². The minimum Gasteiger partial charge on any atom is -0.393 e. The van der Waals surface area contributed by atoms with Crippen molar-refractivity contribution < 1.29 is 9.63 Å². The Morgan fingerprint density at radius 2 is 2.13 bits per heavy atom. The summed E-state index contributed by atoms with van der Waals surface area (Å²) in [4.78, 5) is 23.9. The van der Waals surface area contributed by atoms with Crippen LogP contribution in [0.15, 0.2) is 48.1 Å². The molecule has 3 heterocycles. The number of halogens is 1. The van der Waals surface area contributed by atoms with Crippen molar-refractivity contribution in [1.82, 2.24) is 24.5 Å². The molecule has 0 aliphatic carbocycles. The molecule has 0 N–H and O–H groups in total. The zero-order valence-corrected chi connectivity index (χ0v) is 18.8. The van der Waals surface area contributed by atoms with Gasteiger partial charge in [0, 0.05) is 31.9 Å². The van der Waals surface area contributed by atoms with Gasteiger partial charge in [0.2, 0.25) is 5.91 Å². The van der Waals surface area contributed by atoms with Crippen molar-refractivity contribution in [3.63, 3.8) is 0 Å². The topological polar surface area (TPSA) is 90.4 Å². The highest BCUT2D eigenvalue weighted by molar-refractivity contribution is 6.32. The Labute approximate surface area is 186 Å². The summed E-state index contributed by atoms with van der Waals surface area (Å²) < 4.78 is 3.33. The summed E-state index contributed by atoms with van der Waals surface area (Å²) in [5.41, 5.74) is 2.72. The second-order valence-corrected chi connectivity index (χ2v) is 7.50. The number of oxime groups is 1. The van der Waals surface area contributed by atoms with E-state index in [4.69, 9.17) is 16.4 Å². The zero-order chi connectivity index (χ0) is 22.4. The summed E-state index contributed by atoms with van der Waals surface area (Å²) in [7, 11) is 0. The highest BCUT2D eigenvalue weighted by atomic mass is 35.5. The second kappa shape index (κ2) is 10.2. The van der Waals surface area contributed by atoms with Crippen LogP contribution in [0.5, 0.6) is 0 Å². The van der Waals surface area contributed by atoms with Gasteiger partial charge >= 0.3 is 0 Å². The van der Waals surface area contributed by atoms with Crippen LogP contribution in [0.4, 0.5) is 5.69 Å². The minimum atomic E-state index is -0.0688. The van der Waals surface area contributed by atoms with Gasteiger partial charge in [-0.1, -0.05) is 16.8 Å². The van der Waals surface area contributed by atoms with E-state index in [2.05, 4.69) is 20.3 Å². The number of aryl methyl sites for hydroxylation is 1. The fourth-order valence-electron chi connectivity index (χ4n) is 2.88. The zero-order valence-electron chi connectivity index (χ0n) is 18.1. The van der Waals surface area contributed by atoms with E-state index in [0.29, 0.717) is 30.2 Å². The van der Waals surface area contributed by atoms with Crippen LogP contribution in [0.1, 0.15) is 39.8 Å². The second-order valence-electron chi connectivity index (χ2n) is 7.14. The molecule has 3 aromatic rings. The Morgan fingerprint density at radius 3 is 2.81 bits per heavy atom. The SMILES string of the molecule is CCN(C(=O)CCn1ccc(C(C)=NOC(C)C)n1)c1cn(-c2cccnc2)nc1Cl. The first-order valence-electron chi connectivity index (χ1n) is 10.1. The summed E-state index contributed by atoms with van der Waals surface area (Å²) >= 11 is 6.33. The molecule has 31 heavy (non-hydrogen) atoms. The lowest BCUT2D eigenvalue weighted by Gasteiger charge is -2.19. The number of hydrogen-bond acceptors (Lipinski definition) is 6. The Bertz CT molecular complexity index is 1040. The Balaban J connectivity index is 1.66. The Morgan fingerprint density at radius 1 is 1.32 bits per heavy atom. The molecule has 0 aliphatic heterocycles.